The molecule has 0 radical (unpaired) electrons. The molecule has 0 aliphatic rings. The van der Waals surface area contributed by atoms with Gasteiger partial charge in [0, 0.05) is 32.1 Å². The number of nitrogens with one attached hydrogen (secondary N) is 1. The van der Waals surface area contributed by atoms with Crippen LogP contribution in [0.5, 0.6) is 0 Å². The van der Waals surface area contributed by atoms with Gasteiger partial charge in [0.2, 0.25) is 5.91 Å². The number of aryl methyl sites for hydroxylation is 2. The Kier molecular flexibility index (Phi) is 5.23. The average molecular weight is 334 g/mol. The van der Waals surface area contributed by atoms with E-state index in [0.29, 0.717) is 12.8 Å². The molecule has 0 aliphatic heterocycles. The van der Waals surface area contributed by atoms with Crippen LogP contribution in [0.3, 0.4) is 0 Å². The summed E-state index contributed by atoms with van der Waals surface area (Å²) in [6, 6.07) is 12.2. The highest BCUT2D eigenvalue weighted by atomic mass is 16.1. The average Bonchev–Trinajstić information content (AvgIpc) is 3.06. The predicted octanol–water partition coefficient (Wildman–Crippen LogP) is 3.29. The minimum Gasteiger partial charge on any atom is -0.350 e. The van der Waals surface area contributed by atoms with Crippen LogP contribution in [0.4, 0.5) is 0 Å². The molecule has 0 unspecified atom stereocenters. The maximum Gasteiger partial charge on any atom is 0.220 e. The van der Waals surface area contributed by atoms with Crippen molar-refractivity contribution in [3.63, 3.8) is 0 Å². The van der Waals surface area contributed by atoms with Gasteiger partial charge in [0.1, 0.15) is 0 Å². The first-order chi connectivity index (χ1) is 12.1. The normalized spacial score (nSPS) is 11.9. The van der Waals surface area contributed by atoms with Gasteiger partial charge < -0.3 is 5.32 Å². The van der Waals surface area contributed by atoms with E-state index in [1.54, 1.807) is 23.3 Å². The number of pyridine rings is 1. The Hall–Kier alpha value is -2.95. The van der Waals surface area contributed by atoms with Gasteiger partial charge in [-0.3, -0.25) is 14.5 Å². The molecular weight excluding hydrogens is 312 g/mol. The van der Waals surface area contributed by atoms with Crippen LogP contribution < -0.4 is 5.32 Å². The summed E-state index contributed by atoms with van der Waals surface area (Å²) >= 11 is 0. The Morgan fingerprint density at radius 2 is 1.80 bits per heavy atom. The summed E-state index contributed by atoms with van der Waals surface area (Å²) < 4.78 is 1.75. The first-order valence-electron chi connectivity index (χ1n) is 8.39. The number of carbonyl (C=O) groups is 1. The molecular formula is C20H22N4O. The van der Waals surface area contributed by atoms with Gasteiger partial charge >= 0.3 is 0 Å². The second-order valence-electron chi connectivity index (χ2n) is 6.17. The summed E-state index contributed by atoms with van der Waals surface area (Å²) in [6.07, 6.45) is 8.48. The summed E-state index contributed by atoms with van der Waals surface area (Å²) in [5.41, 5.74) is 4.44. The van der Waals surface area contributed by atoms with Crippen LogP contribution in [0.15, 0.2) is 61.2 Å². The molecule has 1 aromatic carbocycles. The van der Waals surface area contributed by atoms with E-state index in [-0.39, 0.29) is 11.9 Å². The Balaban J connectivity index is 1.55. The fourth-order valence-corrected chi connectivity index (χ4v) is 2.76. The zero-order valence-corrected chi connectivity index (χ0v) is 14.5. The zero-order chi connectivity index (χ0) is 17.6. The van der Waals surface area contributed by atoms with Crippen molar-refractivity contribution in [1.29, 1.82) is 0 Å². The van der Waals surface area contributed by atoms with Gasteiger partial charge in [0.25, 0.3) is 0 Å². The lowest BCUT2D eigenvalue weighted by Gasteiger charge is -2.15. The number of amides is 1. The Labute approximate surface area is 147 Å². The topological polar surface area (TPSA) is 59.8 Å². The predicted molar refractivity (Wildman–Crippen MR) is 97.8 cm³/mol. The summed E-state index contributed by atoms with van der Waals surface area (Å²) in [5.74, 6) is 0.0505. The summed E-state index contributed by atoms with van der Waals surface area (Å²) in [6.45, 7) is 2.00. The van der Waals surface area contributed by atoms with Crippen molar-refractivity contribution < 1.29 is 4.79 Å². The fraction of sp³-hybridized carbons (Fsp3) is 0.250. The quantitative estimate of drug-likeness (QED) is 0.752. The van der Waals surface area contributed by atoms with Gasteiger partial charge in [0.05, 0.1) is 12.2 Å². The number of hydrogen-bond donors (Lipinski definition) is 1. The second kappa shape index (κ2) is 7.75. The molecule has 25 heavy (non-hydrogen) atoms. The molecule has 2 heterocycles. The third kappa shape index (κ3) is 4.53. The Morgan fingerprint density at radius 1 is 1.12 bits per heavy atom. The van der Waals surface area contributed by atoms with Crippen molar-refractivity contribution in [2.45, 2.75) is 25.8 Å². The highest BCUT2D eigenvalue weighted by Crippen LogP contribution is 2.21. The molecule has 1 amide bonds. The van der Waals surface area contributed by atoms with Crippen LogP contribution in [-0.4, -0.2) is 20.7 Å². The largest absolute Gasteiger partial charge is 0.350 e. The van der Waals surface area contributed by atoms with Crippen LogP contribution in [0.2, 0.25) is 0 Å². The lowest BCUT2D eigenvalue weighted by Crippen LogP contribution is -2.26. The van der Waals surface area contributed by atoms with Crippen molar-refractivity contribution in [3.8, 4) is 11.1 Å². The smallest absolute Gasteiger partial charge is 0.220 e. The Morgan fingerprint density at radius 3 is 2.44 bits per heavy atom. The van der Waals surface area contributed by atoms with Crippen molar-refractivity contribution in [1.82, 2.24) is 20.1 Å². The molecule has 5 nitrogen and oxygen atoms in total. The van der Waals surface area contributed by atoms with E-state index in [0.717, 1.165) is 22.3 Å². The van der Waals surface area contributed by atoms with E-state index >= 15 is 0 Å². The van der Waals surface area contributed by atoms with E-state index in [4.69, 9.17) is 0 Å². The van der Waals surface area contributed by atoms with Gasteiger partial charge in [0.15, 0.2) is 0 Å². The molecule has 0 spiro atoms. The zero-order valence-electron chi connectivity index (χ0n) is 14.5. The molecule has 0 saturated carbocycles. The fourth-order valence-electron chi connectivity index (χ4n) is 2.76. The second-order valence-corrected chi connectivity index (χ2v) is 6.17. The summed E-state index contributed by atoms with van der Waals surface area (Å²) in [4.78, 5) is 16.2. The van der Waals surface area contributed by atoms with Crippen LogP contribution in [-0.2, 0) is 18.3 Å². The van der Waals surface area contributed by atoms with Gasteiger partial charge in [-0.25, -0.2) is 0 Å². The van der Waals surface area contributed by atoms with E-state index < -0.39 is 0 Å². The molecule has 1 N–H and O–H groups in total. The minimum atomic E-state index is -0.0205. The molecule has 0 fully saturated rings. The van der Waals surface area contributed by atoms with Crippen LogP contribution >= 0.6 is 0 Å². The lowest BCUT2D eigenvalue weighted by atomic mass is 10.0. The molecule has 128 valence electrons. The molecule has 3 aromatic rings. The van der Waals surface area contributed by atoms with Gasteiger partial charge in [-0.1, -0.05) is 24.3 Å². The van der Waals surface area contributed by atoms with E-state index in [9.17, 15) is 4.79 Å². The van der Waals surface area contributed by atoms with Gasteiger partial charge in [-0.2, -0.15) is 5.10 Å². The SMILES string of the molecule is C[C@@H](NC(=O)CCc1cnn(C)c1)c1ccc(-c2ccncc2)cc1. The minimum absolute atomic E-state index is 0.0205. The number of benzene rings is 1. The number of carbonyl (C=O) groups excluding carboxylic acids is 1. The first-order valence-corrected chi connectivity index (χ1v) is 8.39. The standard InChI is InChI=1S/C20H22N4O/c1-15(23-20(25)8-3-16-13-22-24(2)14-16)17-4-6-18(7-5-17)19-9-11-21-12-10-19/h4-7,9-15H,3,8H2,1-2H3,(H,23,25)/t15-/m1/s1. The summed E-state index contributed by atoms with van der Waals surface area (Å²) in [7, 11) is 1.88. The van der Waals surface area contributed by atoms with Crippen LogP contribution in [0.25, 0.3) is 11.1 Å². The first kappa shape index (κ1) is 16.9. The van der Waals surface area contributed by atoms with Gasteiger partial charge in [-0.15, -0.1) is 0 Å². The van der Waals surface area contributed by atoms with E-state index in [2.05, 4.69) is 39.7 Å². The van der Waals surface area contributed by atoms with Crippen molar-refractivity contribution >= 4 is 5.91 Å². The number of nitrogens with zero attached hydrogens (tertiary/aromatic N) is 3. The molecule has 0 bridgehead atoms. The monoisotopic (exact) mass is 334 g/mol. The third-order valence-corrected chi connectivity index (χ3v) is 4.20. The van der Waals surface area contributed by atoms with Crippen molar-refractivity contribution in [2.24, 2.45) is 7.05 Å². The maximum atomic E-state index is 12.2. The molecule has 1 atom stereocenters. The number of hydrogen-bond acceptors (Lipinski definition) is 3. The highest BCUT2D eigenvalue weighted by Gasteiger charge is 2.10. The third-order valence-electron chi connectivity index (χ3n) is 4.20. The van der Waals surface area contributed by atoms with Crippen LogP contribution in [0, 0.1) is 0 Å². The number of rotatable bonds is 6. The Bertz CT molecular complexity index is 824. The highest BCUT2D eigenvalue weighted by molar-refractivity contribution is 5.76. The van der Waals surface area contributed by atoms with E-state index in [1.165, 1.54) is 0 Å². The van der Waals surface area contributed by atoms with Crippen molar-refractivity contribution in [3.05, 3.63) is 72.3 Å². The van der Waals surface area contributed by atoms with E-state index in [1.807, 2.05) is 32.3 Å². The lowest BCUT2D eigenvalue weighted by molar-refractivity contribution is -0.121. The number of aromatic nitrogens is 3. The van der Waals surface area contributed by atoms with Crippen LogP contribution in [0.1, 0.15) is 30.5 Å². The maximum absolute atomic E-state index is 12.2. The molecule has 3 rings (SSSR count). The van der Waals surface area contributed by atoms with Gasteiger partial charge in [-0.05, 0) is 47.7 Å². The molecule has 0 saturated heterocycles. The molecule has 5 heteroatoms. The molecule has 0 aliphatic carbocycles. The van der Waals surface area contributed by atoms with Crippen molar-refractivity contribution in [2.75, 3.05) is 0 Å². The molecule has 2 aromatic heterocycles. The summed E-state index contributed by atoms with van der Waals surface area (Å²) in [5, 5.41) is 7.17.